The van der Waals surface area contributed by atoms with Gasteiger partial charge in [-0.25, -0.2) is 0 Å². The van der Waals surface area contributed by atoms with E-state index >= 15 is 0 Å². The highest BCUT2D eigenvalue weighted by molar-refractivity contribution is 5.76. The van der Waals surface area contributed by atoms with E-state index in [0.717, 1.165) is 44.9 Å². The van der Waals surface area contributed by atoms with E-state index in [0.29, 0.717) is 19.3 Å². The maximum absolute atomic E-state index is 13.2. The zero-order valence-corrected chi connectivity index (χ0v) is 44.1. The van der Waals surface area contributed by atoms with Gasteiger partial charge in [0.15, 0.2) is 12.6 Å². The fourth-order valence-corrected chi connectivity index (χ4v) is 8.58. The van der Waals surface area contributed by atoms with Crippen molar-refractivity contribution in [2.45, 2.75) is 254 Å². The van der Waals surface area contributed by atoms with Crippen LogP contribution in [0.15, 0.2) is 85.1 Å². The lowest BCUT2D eigenvalue weighted by Crippen LogP contribution is -2.65. The first kappa shape index (κ1) is 65.3. The van der Waals surface area contributed by atoms with Crippen molar-refractivity contribution in [1.29, 1.82) is 0 Å². The third-order valence-corrected chi connectivity index (χ3v) is 13.1. The summed E-state index contributed by atoms with van der Waals surface area (Å²) in [5, 5.41) is 86.9. The Kier molecular flexibility index (Phi) is 39.4. The Hall–Kier alpha value is -2.83. The number of rotatable bonds is 42. The molecule has 0 aromatic carbocycles. The standard InChI is InChI=1S/C58H99NO13/c1-3-5-7-9-11-13-15-17-19-21-22-23-24-26-27-29-31-33-35-37-39-41-47(62)46(59-50(63)42-40-38-36-34-32-30-28-25-20-18-16-14-12-10-8-6-4-2)45-69-57-55(68)53(66)56(49(44-61)71-57)72-58-54(67)52(65)51(64)48(43-60)70-58/h6,8,12,14,18,20,28,30-31,33-34,36,39,41,46-49,51-58,60-62,64-68H,3-5,7,9-11,13,15-17,19,21-27,29,32,35,37-38,40,42-45H2,1-2H3,(H,59,63)/b8-6-,14-12-,20-18-,30-28-,33-31+,36-34-,41-39+. The summed E-state index contributed by atoms with van der Waals surface area (Å²) in [6, 6.07) is -0.966. The van der Waals surface area contributed by atoms with Gasteiger partial charge in [0.2, 0.25) is 5.91 Å². The van der Waals surface area contributed by atoms with Gasteiger partial charge < -0.3 is 65.1 Å². The van der Waals surface area contributed by atoms with E-state index in [1.54, 1.807) is 6.08 Å². The maximum atomic E-state index is 13.2. The van der Waals surface area contributed by atoms with Crippen LogP contribution in [-0.4, -0.2) is 140 Å². The predicted molar refractivity (Wildman–Crippen MR) is 286 cm³/mol. The largest absolute Gasteiger partial charge is 0.394 e. The van der Waals surface area contributed by atoms with Crippen molar-refractivity contribution in [1.82, 2.24) is 5.32 Å². The van der Waals surface area contributed by atoms with Crippen molar-refractivity contribution in [3.63, 3.8) is 0 Å². The van der Waals surface area contributed by atoms with E-state index in [9.17, 15) is 45.6 Å². The summed E-state index contributed by atoms with van der Waals surface area (Å²) >= 11 is 0. The molecule has 0 aromatic heterocycles. The lowest BCUT2D eigenvalue weighted by molar-refractivity contribution is -0.359. The molecule has 2 heterocycles. The van der Waals surface area contributed by atoms with Crippen LogP contribution >= 0.6 is 0 Å². The number of amides is 1. The molecular formula is C58H99NO13. The molecule has 2 saturated heterocycles. The molecular weight excluding hydrogens is 919 g/mol. The molecule has 0 saturated carbocycles. The van der Waals surface area contributed by atoms with Crippen molar-refractivity contribution in [3.8, 4) is 0 Å². The quantitative estimate of drug-likeness (QED) is 0.0207. The number of allylic oxidation sites excluding steroid dienone is 13. The lowest BCUT2D eigenvalue weighted by atomic mass is 9.97. The molecule has 2 aliphatic rings. The smallest absolute Gasteiger partial charge is 0.220 e. The molecule has 14 heteroatoms. The normalized spacial score (nSPS) is 26.2. The number of hydrogen-bond donors (Lipinski definition) is 9. The summed E-state index contributed by atoms with van der Waals surface area (Å²) in [5.41, 5.74) is 0. The van der Waals surface area contributed by atoms with Crippen LogP contribution < -0.4 is 5.32 Å². The van der Waals surface area contributed by atoms with Gasteiger partial charge in [0.1, 0.15) is 48.8 Å². The molecule has 9 N–H and O–H groups in total. The monoisotopic (exact) mass is 1020 g/mol. The average molecular weight is 1020 g/mol. The van der Waals surface area contributed by atoms with Gasteiger partial charge in [-0.05, 0) is 70.6 Å². The fourth-order valence-electron chi connectivity index (χ4n) is 8.58. The Morgan fingerprint density at radius 3 is 1.53 bits per heavy atom. The summed E-state index contributed by atoms with van der Waals surface area (Å²) in [7, 11) is 0. The van der Waals surface area contributed by atoms with Crippen LogP contribution in [0.4, 0.5) is 0 Å². The van der Waals surface area contributed by atoms with Crippen LogP contribution in [0.5, 0.6) is 0 Å². The van der Waals surface area contributed by atoms with Gasteiger partial charge in [0.05, 0.1) is 32.0 Å². The topological polar surface area (TPSA) is 228 Å². The van der Waals surface area contributed by atoms with Gasteiger partial charge in [-0.1, -0.05) is 189 Å². The maximum Gasteiger partial charge on any atom is 0.220 e. The Bertz CT molecular complexity index is 1530. The molecule has 14 nitrogen and oxygen atoms in total. The van der Waals surface area contributed by atoms with Gasteiger partial charge >= 0.3 is 0 Å². The van der Waals surface area contributed by atoms with Gasteiger partial charge in [-0.2, -0.15) is 0 Å². The number of carbonyl (C=O) groups excluding carboxylic acids is 1. The molecule has 12 atom stereocenters. The van der Waals surface area contributed by atoms with Crippen molar-refractivity contribution in [2.75, 3.05) is 19.8 Å². The number of aliphatic hydroxyl groups excluding tert-OH is 8. The molecule has 0 aromatic rings. The summed E-state index contributed by atoms with van der Waals surface area (Å²) in [4.78, 5) is 13.2. The molecule has 0 spiro atoms. The highest BCUT2D eigenvalue weighted by Crippen LogP contribution is 2.30. The Balaban J connectivity index is 1.85. The molecule has 2 fully saturated rings. The summed E-state index contributed by atoms with van der Waals surface area (Å²) in [6.07, 6.45) is 40.6. The first-order chi connectivity index (χ1) is 35.1. The van der Waals surface area contributed by atoms with Crippen molar-refractivity contribution in [2.24, 2.45) is 0 Å². The van der Waals surface area contributed by atoms with E-state index in [2.05, 4.69) is 86.0 Å². The van der Waals surface area contributed by atoms with Crippen molar-refractivity contribution in [3.05, 3.63) is 85.1 Å². The zero-order valence-electron chi connectivity index (χ0n) is 44.1. The Morgan fingerprint density at radius 2 is 0.972 bits per heavy atom. The summed E-state index contributed by atoms with van der Waals surface area (Å²) < 4.78 is 22.7. The van der Waals surface area contributed by atoms with Crippen LogP contribution in [-0.2, 0) is 23.7 Å². The van der Waals surface area contributed by atoms with Crippen LogP contribution in [0.25, 0.3) is 0 Å². The third-order valence-electron chi connectivity index (χ3n) is 13.1. The van der Waals surface area contributed by atoms with Crippen molar-refractivity contribution >= 4 is 5.91 Å². The Labute approximate surface area is 433 Å². The molecule has 72 heavy (non-hydrogen) atoms. The molecule has 12 unspecified atom stereocenters. The minimum atomic E-state index is -1.80. The number of ether oxygens (including phenoxy) is 4. The molecule has 414 valence electrons. The molecule has 0 bridgehead atoms. The first-order valence-corrected chi connectivity index (χ1v) is 27.8. The van der Waals surface area contributed by atoms with E-state index in [-0.39, 0.29) is 18.9 Å². The lowest BCUT2D eigenvalue weighted by Gasteiger charge is -2.46. The molecule has 2 aliphatic heterocycles. The van der Waals surface area contributed by atoms with Crippen molar-refractivity contribution < 1.29 is 64.6 Å². The van der Waals surface area contributed by atoms with E-state index < -0.39 is 86.8 Å². The summed E-state index contributed by atoms with van der Waals surface area (Å²) in [6.45, 7) is 2.61. The SMILES string of the molecule is CC/C=C\C/C=C\C/C=C\C/C=C\C/C=C\CCCC(=O)NC(COC1OC(CO)C(OC2OC(CO)C(O)C(O)C2O)C(O)C1O)C(O)/C=C/CC/C=C/CCCCCCCCCCCCCCCCC. The van der Waals surface area contributed by atoms with Crippen LogP contribution in [0.1, 0.15) is 181 Å². The number of nitrogens with one attached hydrogen (secondary N) is 1. The van der Waals surface area contributed by atoms with Crippen LogP contribution in [0, 0.1) is 0 Å². The number of carbonyl (C=O) groups is 1. The van der Waals surface area contributed by atoms with E-state index in [4.69, 9.17) is 18.9 Å². The van der Waals surface area contributed by atoms with Gasteiger partial charge in [0.25, 0.3) is 0 Å². The minimum Gasteiger partial charge on any atom is -0.394 e. The highest BCUT2D eigenvalue weighted by atomic mass is 16.7. The number of hydrogen-bond acceptors (Lipinski definition) is 13. The number of unbranched alkanes of at least 4 members (excludes halogenated alkanes) is 17. The predicted octanol–water partition coefficient (Wildman–Crippen LogP) is 8.55. The van der Waals surface area contributed by atoms with Gasteiger partial charge in [0, 0.05) is 6.42 Å². The summed E-state index contributed by atoms with van der Waals surface area (Å²) in [5.74, 6) is -0.309. The van der Waals surface area contributed by atoms with Crippen LogP contribution in [0.3, 0.4) is 0 Å². The van der Waals surface area contributed by atoms with Gasteiger partial charge in [-0.15, -0.1) is 0 Å². The van der Waals surface area contributed by atoms with E-state index in [1.807, 2.05) is 12.2 Å². The number of aliphatic hydroxyl groups is 8. The molecule has 0 radical (unpaired) electrons. The first-order valence-electron chi connectivity index (χ1n) is 27.8. The second-order valence-electron chi connectivity index (χ2n) is 19.3. The minimum absolute atomic E-state index is 0.191. The molecule has 0 aliphatic carbocycles. The Morgan fingerprint density at radius 1 is 0.514 bits per heavy atom. The van der Waals surface area contributed by atoms with E-state index in [1.165, 1.54) is 96.3 Å². The second-order valence-corrected chi connectivity index (χ2v) is 19.3. The average Bonchev–Trinajstić information content (AvgIpc) is 3.38. The second kappa shape index (κ2) is 43.4. The van der Waals surface area contributed by atoms with Gasteiger partial charge in [-0.3, -0.25) is 4.79 Å². The van der Waals surface area contributed by atoms with Crippen LogP contribution in [0.2, 0.25) is 0 Å². The molecule has 2 rings (SSSR count). The highest BCUT2D eigenvalue weighted by Gasteiger charge is 2.51. The zero-order chi connectivity index (χ0) is 52.4. The molecule has 1 amide bonds. The third kappa shape index (κ3) is 29.3. The fraction of sp³-hybridized carbons (Fsp3) is 0.741.